The Bertz CT molecular complexity index is 1050. The van der Waals surface area contributed by atoms with Crippen LogP contribution in [0.15, 0.2) is 47.6 Å². The molecule has 3 rings (SSSR count). The number of carbonyl (C=O) groups is 2. The highest BCUT2D eigenvalue weighted by Crippen LogP contribution is 2.20. The minimum atomic E-state index is -0.232. The average molecular weight is 424 g/mol. The summed E-state index contributed by atoms with van der Waals surface area (Å²) in [5.74, 6) is 0.409. The molecule has 3 aromatic rings. The van der Waals surface area contributed by atoms with Crippen molar-refractivity contribution in [3.05, 3.63) is 59.2 Å². The first-order valence-corrected chi connectivity index (χ1v) is 10.5. The number of aromatic nitrogens is 3. The van der Waals surface area contributed by atoms with Crippen molar-refractivity contribution in [2.45, 2.75) is 25.9 Å². The highest BCUT2D eigenvalue weighted by molar-refractivity contribution is 7.99. The summed E-state index contributed by atoms with van der Waals surface area (Å²) in [6.45, 7) is 5.91. The number of nitrogens with zero attached hydrogens (tertiary/aromatic N) is 3. The molecule has 0 fully saturated rings. The molecule has 2 aromatic carbocycles. The van der Waals surface area contributed by atoms with E-state index in [-0.39, 0.29) is 24.1 Å². The second kappa shape index (κ2) is 9.58. The van der Waals surface area contributed by atoms with Gasteiger partial charge in [-0.05, 0) is 38.0 Å². The van der Waals surface area contributed by atoms with Crippen LogP contribution in [0.1, 0.15) is 16.7 Å². The van der Waals surface area contributed by atoms with Gasteiger partial charge in [0.1, 0.15) is 0 Å². The SMILES string of the molecule is Cc1ccc(-c2nc(SCC(=O)N(C)CC(=O)Nc3cc(C)ccc3C)n[nH]2)cc1. The Kier molecular flexibility index (Phi) is 6.89. The highest BCUT2D eigenvalue weighted by Gasteiger charge is 2.15. The monoisotopic (exact) mass is 423 g/mol. The van der Waals surface area contributed by atoms with E-state index in [1.807, 2.05) is 63.2 Å². The number of thioether (sulfide) groups is 1. The van der Waals surface area contributed by atoms with Gasteiger partial charge in [-0.3, -0.25) is 14.7 Å². The lowest BCUT2D eigenvalue weighted by Gasteiger charge is -2.17. The Balaban J connectivity index is 1.50. The molecule has 0 saturated carbocycles. The molecule has 0 spiro atoms. The molecule has 1 aromatic heterocycles. The number of H-pyrrole nitrogens is 1. The van der Waals surface area contributed by atoms with Crippen molar-refractivity contribution in [3.8, 4) is 11.4 Å². The number of carbonyl (C=O) groups excluding carboxylic acids is 2. The van der Waals surface area contributed by atoms with E-state index >= 15 is 0 Å². The van der Waals surface area contributed by atoms with Gasteiger partial charge in [0, 0.05) is 18.3 Å². The molecule has 7 nitrogen and oxygen atoms in total. The Morgan fingerprint density at radius 3 is 2.50 bits per heavy atom. The number of hydrogen-bond acceptors (Lipinski definition) is 5. The lowest BCUT2D eigenvalue weighted by Crippen LogP contribution is -2.36. The second-order valence-electron chi connectivity index (χ2n) is 7.24. The molecule has 8 heteroatoms. The number of rotatable bonds is 7. The molecule has 0 saturated heterocycles. The zero-order valence-corrected chi connectivity index (χ0v) is 18.3. The first-order chi connectivity index (χ1) is 14.3. The third-order valence-electron chi connectivity index (χ3n) is 4.59. The summed E-state index contributed by atoms with van der Waals surface area (Å²) in [6, 6.07) is 13.8. The van der Waals surface area contributed by atoms with E-state index in [1.54, 1.807) is 7.05 Å². The quantitative estimate of drug-likeness (QED) is 0.567. The molecule has 0 aliphatic heterocycles. The summed E-state index contributed by atoms with van der Waals surface area (Å²) >= 11 is 1.23. The molecule has 0 radical (unpaired) electrons. The van der Waals surface area contributed by atoms with Crippen LogP contribution in [0.25, 0.3) is 11.4 Å². The van der Waals surface area contributed by atoms with Crippen LogP contribution in [-0.4, -0.2) is 51.2 Å². The minimum Gasteiger partial charge on any atom is -0.336 e. The number of benzene rings is 2. The van der Waals surface area contributed by atoms with E-state index in [9.17, 15) is 9.59 Å². The van der Waals surface area contributed by atoms with Crippen molar-refractivity contribution in [3.63, 3.8) is 0 Å². The number of likely N-dealkylation sites (N-methyl/N-ethyl adjacent to an activating group) is 1. The number of aromatic amines is 1. The predicted octanol–water partition coefficient (Wildman–Crippen LogP) is 3.59. The van der Waals surface area contributed by atoms with Crippen molar-refractivity contribution >= 4 is 29.3 Å². The number of nitrogens with one attached hydrogen (secondary N) is 2. The fourth-order valence-electron chi connectivity index (χ4n) is 2.75. The highest BCUT2D eigenvalue weighted by atomic mass is 32.2. The maximum atomic E-state index is 12.4. The van der Waals surface area contributed by atoms with Gasteiger partial charge in [-0.2, -0.15) is 0 Å². The summed E-state index contributed by atoms with van der Waals surface area (Å²) in [5.41, 5.74) is 4.91. The van der Waals surface area contributed by atoms with Gasteiger partial charge < -0.3 is 10.2 Å². The smallest absolute Gasteiger partial charge is 0.243 e. The minimum absolute atomic E-state index is 0.0185. The molecule has 156 valence electrons. The van der Waals surface area contributed by atoms with Gasteiger partial charge >= 0.3 is 0 Å². The van der Waals surface area contributed by atoms with Crippen LogP contribution in [0.5, 0.6) is 0 Å². The van der Waals surface area contributed by atoms with Crippen LogP contribution in [-0.2, 0) is 9.59 Å². The van der Waals surface area contributed by atoms with Crippen molar-refractivity contribution in [2.75, 3.05) is 24.7 Å². The normalized spacial score (nSPS) is 10.7. The third-order valence-corrected chi connectivity index (χ3v) is 5.42. The Morgan fingerprint density at radius 1 is 1.07 bits per heavy atom. The van der Waals surface area contributed by atoms with Crippen molar-refractivity contribution < 1.29 is 9.59 Å². The maximum absolute atomic E-state index is 12.4. The summed E-state index contributed by atoms with van der Waals surface area (Å²) in [6.07, 6.45) is 0. The molecule has 0 aliphatic rings. The van der Waals surface area contributed by atoms with E-state index in [4.69, 9.17) is 0 Å². The Hall–Kier alpha value is -3.13. The third kappa shape index (κ3) is 5.70. The molecular formula is C22H25N5O2S. The van der Waals surface area contributed by atoms with E-state index < -0.39 is 0 Å². The van der Waals surface area contributed by atoms with Gasteiger partial charge in [-0.1, -0.05) is 53.7 Å². The fraction of sp³-hybridized carbons (Fsp3) is 0.273. The molecular weight excluding hydrogens is 398 g/mol. The van der Waals surface area contributed by atoms with E-state index in [2.05, 4.69) is 20.5 Å². The van der Waals surface area contributed by atoms with Crippen LogP contribution in [0, 0.1) is 20.8 Å². The van der Waals surface area contributed by atoms with Gasteiger partial charge in [0.2, 0.25) is 17.0 Å². The largest absolute Gasteiger partial charge is 0.336 e. The lowest BCUT2D eigenvalue weighted by molar-refractivity contribution is -0.131. The number of aryl methyl sites for hydroxylation is 3. The van der Waals surface area contributed by atoms with E-state index in [0.717, 1.165) is 22.4 Å². The first-order valence-electron chi connectivity index (χ1n) is 9.55. The van der Waals surface area contributed by atoms with Gasteiger partial charge in [-0.25, -0.2) is 4.98 Å². The van der Waals surface area contributed by atoms with Gasteiger partial charge in [0.15, 0.2) is 5.82 Å². The predicted molar refractivity (Wildman–Crippen MR) is 119 cm³/mol. The van der Waals surface area contributed by atoms with Gasteiger partial charge in [-0.15, -0.1) is 5.10 Å². The summed E-state index contributed by atoms with van der Waals surface area (Å²) in [4.78, 5) is 30.5. The van der Waals surface area contributed by atoms with Crippen molar-refractivity contribution in [1.29, 1.82) is 0 Å². The van der Waals surface area contributed by atoms with Crippen LogP contribution < -0.4 is 5.32 Å². The Labute approximate surface area is 180 Å². The van der Waals surface area contributed by atoms with Crippen molar-refractivity contribution in [1.82, 2.24) is 20.1 Å². The molecule has 0 bridgehead atoms. The Morgan fingerprint density at radius 2 is 1.77 bits per heavy atom. The zero-order chi connectivity index (χ0) is 21.7. The topological polar surface area (TPSA) is 91.0 Å². The maximum Gasteiger partial charge on any atom is 0.243 e. The van der Waals surface area contributed by atoms with Crippen LogP contribution in [0.2, 0.25) is 0 Å². The molecule has 0 aliphatic carbocycles. The van der Waals surface area contributed by atoms with Gasteiger partial charge in [0.05, 0.1) is 12.3 Å². The molecule has 0 atom stereocenters. The van der Waals surface area contributed by atoms with E-state index in [1.165, 1.54) is 22.2 Å². The van der Waals surface area contributed by atoms with Crippen LogP contribution >= 0.6 is 11.8 Å². The van der Waals surface area contributed by atoms with E-state index in [0.29, 0.717) is 11.0 Å². The average Bonchev–Trinajstić information content (AvgIpc) is 3.18. The van der Waals surface area contributed by atoms with Crippen molar-refractivity contribution in [2.24, 2.45) is 0 Å². The standard InChI is InChI=1S/C22H25N5O2S/c1-14-6-9-17(10-7-14)21-24-22(26-25-21)30-13-20(29)27(4)12-19(28)23-18-11-15(2)5-8-16(18)3/h5-11H,12-13H2,1-4H3,(H,23,28)(H,24,25,26). The summed E-state index contributed by atoms with van der Waals surface area (Å²) < 4.78 is 0. The first kappa shape index (κ1) is 21.6. The van der Waals surface area contributed by atoms with Gasteiger partial charge in [0.25, 0.3) is 0 Å². The zero-order valence-electron chi connectivity index (χ0n) is 17.5. The molecule has 30 heavy (non-hydrogen) atoms. The fourth-order valence-corrected chi connectivity index (χ4v) is 3.49. The van der Waals surface area contributed by atoms with Crippen LogP contribution in [0.4, 0.5) is 5.69 Å². The van der Waals surface area contributed by atoms with Crippen LogP contribution in [0.3, 0.4) is 0 Å². The lowest BCUT2D eigenvalue weighted by atomic mass is 10.1. The molecule has 1 heterocycles. The molecule has 0 unspecified atom stereocenters. The molecule has 2 N–H and O–H groups in total. The molecule has 2 amide bonds. The number of anilines is 1. The second-order valence-corrected chi connectivity index (χ2v) is 8.18. The summed E-state index contributed by atoms with van der Waals surface area (Å²) in [7, 11) is 1.61. The number of hydrogen-bond donors (Lipinski definition) is 2. The summed E-state index contributed by atoms with van der Waals surface area (Å²) in [5, 5.41) is 10.4. The number of amides is 2.